The molecule has 0 bridgehead atoms. The maximum atomic E-state index is 11.8. The Bertz CT molecular complexity index is 426. The molecule has 1 atom stereocenters. The average molecular weight is 281 g/mol. The Kier molecular flexibility index (Phi) is 3.86. The third-order valence-electron chi connectivity index (χ3n) is 3.80. The Morgan fingerprint density at radius 2 is 2.26 bits per heavy atom. The van der Waals surface area contributed by atoms with E-state index in [-0.39, 0.29) is 17.8 Å². The van der Waals surface area contributed by atoms with Gasteiger partial charge >= 0.3 is 0 Å². The van der Waals surface area contributed by atoms with Gasteiger partial charge in [0.2, 0.25) is 0 Å². The number of ether oxygens (including phenoxy) is 2. The maximum Gasteiger partial charge on any atom is 0.252 e. The minimum atomic E-state index is -0.351. The first-order valence-electron chi connectivity index (χ1n) is 6.90. The van der Waals surface area contributed by atoms with Crippen molar-refractivity contribution >= 4 is 17.2 Å². The number of thiophene rings is 1. The Balaban J connectivity index is 1.48. The van der Waals surface area contributed by atoms with Gasteiger partial charge in [0.05, 0.1) is 6.61 Å². The Labute approximate surface area is 117 Å². The van der Waals surface area contributed by atoms with Crippen LogP contribution in [0.25, 0.3) is 0 Å². The van der Waals surface area contributed by atoms with E-state index in [0.717, 1.165) is 18.4 Å². The number of rotatable bonds is 3. The lowest BCUT2D eigenvalue weighted by Crippen LogP contribution is -2.37. The van der Waals surface area contributed by atoms with Crippen LogP contribution >= 0.6 is 11.3 Å². The molecule has 1 amide bonds. The van der Waals surface area contributed by atoms with Gasteiger partial charge in [-0.3, -0.25) is 4.79 Å². The number of carbonyl (C=O) groups is 1. The van der Waals surface area contributed by atoms with Crippen LogP contribution in [-0.2, 0) is 9.47 Å². The van der Waals surface area contributed by atoms with E-state index in [1.54, 1.807) is 0 Å². The van der Waals surface area contributed by atoms with Crippen LogP contribution in [0.15, 0.2) is 16.8 Å². The minimum Gasteiger partial charge on any atom is -0.349 e. The van der Waals surface area contributed by atoms with E-state index >= 15 is 0 Å². The summed E-state index contributed by atoms with van der Waals surface area (Å²) in [6.45, 7) is 1.11. The zero-order valence-electron chi connectivity index (χ0n) is 10.9. The second-order valence-corrected chi connectivity index (χ2v) is 6.02. The molecular weight excluding hydrogens is 262 g/mol. The Morgan fingerprint density at radius 3 is 3.00 bits per heavy atom. The van der Waals surface area contributed by atoms with E-state index in [0.29, 0.717) is 13.2 Å². The van der Waals surface area contributed by atoms with Gasteiger partial charge in [-0.05, 0) is 24.3 Å². The normalized spacial score (nSPS) is 25.6. The largest absolute Gasteiger partial charge is 0.349 e. The fourth-order valence-electron chi connectivity index (χ4n) is 2.77. The number of hydrogen-bond donors (Lipinski definition) is 1. The summed E-state index contributed by atoms with van der Waals surface area (Å²) in [5, 5.41) is 6.67. The molecule has 2 heterocycles. The van der Waals surface area contributed by atoms with Crippen LogP contribution in [0.5, 0.6) is 0 Å². The van der Waals surface area contributed by atoms with Gasteiger partial charge in [0.1, 0.15) is 6.10 Å². The van der Waals surface area contributed by atoms with Crippen molar-refractivity contribution in [3.8, 4) is 0 Å². The minimum absolute atomic E-state index is 0.0133. The predicted octanol–water partition coefficient (Wildman–Crippen LogP) is 2.55. The topological polar surface area (TPSA) is 47.6 Å². The molecule has 2 fully saturated rings. The molecule has 1 spiro atoms. The first kappa shape index (κ1) is 13.1. The Morgan fingerprint density at radius 1 is 1.42 bits per heavy atom. The smallest absolute Gasteiger partial charge is 0.252 e. The summed E-state index contributed by atoms with van der Waals surface area (Å²) in [7, 11) is 0. The van der Waals surface area contributed by atoms with Crippen molar-refractivity contribution < 1.29 is 14.3 Å². The van der Waals surface area contributed by atoms with Gasteiger partial charge in [-0.2, -0.15) is 11.3 Å². The standard InChI is InChI=1S/C14H19NO3S/c16-13(11-4-7-19-10-11)15-8-12-9-17-14(18-12)5-2-1-3-6-14/h4,7,10,12H,1-3,5-6,8-9H2,(H,15,16). The third kappa shape index (κ3) is 2.99. The lowest BCUT2D eigenvalue weighted by atomic mass is 9.94. The Hall–Kier alpha value is -0.910. The highest BCUT2D eigenvalue weighted by molar-refractivity contribution is 7.08. The van der Waals surface area contributed by atoms with Crippen LogP contribution < -0.4 is 5.32 Å². The summed E-state index contributed by atoms with van der Waals surface area (Å²) < 4.78 is 11.9. The van der Waals surface area contributed by atoms with Crippen LogP contribution in [0, 0.1) is 0 Å². The quantitative estimate of drug-likeness (QED) is 0.926. The molecule has 1 saturated carbocycles. The maximum absolute atomic E-state index is 11.8. The monoisotopic (exact) mass is 281 g/mol. The molecule has 5 heteroatoms. The second kappa shape index (κ2) is 5.61. The van der Waals surface area contributed by atoms with Gasteiger partial charge in [0.15, 0.2) is 5.79 Å². The SMILES string of the molecule is O=C(NCC1COC2(CCCCC2)O1)c1ccsc1. The highest BCUT2D eigenvalue weighted by Gasteiger charge is 2.42. The van der Waals surface area contributed by atoms with E-state index in [1.807, 2.05) is 16.8 Å². The molecule has 1 aromatic rings. The summed E-state index contributed by atoms with van der Waals surface area (Å²) in [4.78, 5) is 11.8. The van der Waals surface area contributed by atoms with Gasteiger partial charge in [-0.15, -0.1) is 0 Å². The third-order valence-corrected chi connectivity index (χ3v) is 4.49. The molecule has 1 aliphatic heterocycles. The molecule has 0 aromatic carbocycles. The van der Waals surface area contributed by atoms with Crippen LogP contribution in [0.1, 0.15) is 42.5 Å². The fourth-order valence-corrected chi connectivity index (χ4v) is 3.41. The van der Waals surface area contributed by atoms with E-state index in [1.165, 1.54) is 30.6 Å². The first-order chi connectivity index (χ1) is 9.27. The van der Waals surface area contributed by atoms with Crippen molar-refractivity contribution in [2.45, 2.75) is 44.0 Å². The van der Waals surface area contributed by atoms with Gasteiger partial charge in [-0.1, -0.05) is 6.42 Å². The van der Waals surface area contributed by atoms with E-state index in [4.69, 9.17) is 9.47 Å². The van der Waals surface area contributed by atoms with Gasteiger partial charge in [0, 0.05) is 30.3 Å². The predicted molar refractivity (Wildman–Crippen MR) is 73.3 cm³/mol. The second-order valence-electron chi connectivity index (χ2n) is 5.24. The van der Waals surface area contributed by atoms with Crippen molar-refractivity contribution in [1.82, 2.24) is 5.32 Å². The van der Waals surface area contributed by atoms with Crippen LogP contribution in [-0.4, -0.2) is 30.9 Å². The molecule has 104 valence electrons. The van der Waals surface area contributed by atoms with Crippen molar-refractivity contribution in [1.29, 1.82) is 0 Å². The fraction of sp³-hybridized carbons (Fsp3) is 0.643. The van der Waals surface area contributed by atoms with Crippen molar-refractivity contribution in [2.24, 2.45) is 0 Å². The summed E-state index contributed by atoms with van der Waals surface area (Å²) in [6, 6.07) is 1.83. The van der Waals surface area contributed by atoms with Gasteiger partial charge < -0.3 is 14.8 Å². The summed E-state index contributed by atoms with van der Waals surface area (Å²) in [5.41, 5.74) is 0.719. The van der Waals surface area contributed by atoms with Crippen molar-refractivity contribution in [2.75, 3.05) is 13.2 Å². The van der Waals surface area contributed by atoms with Gasteiger partial charge in [-0.25, -0.2) is 0 Å². The summed E-state index contributed by atoms with van der Waals surface area (Å²) in [5.74, 6) is -0.384. The summed E-state index contributed by atoms with van der Waals surface area (Å²) >= 11 is 1.53. The highest BCUT2D eigenvalue weighted by Crippen LogP contribution is 2.37. The highest BCUT2D eigenvalue weighted by atomic mass is 32.1. The number of amides is 1. The molecule has 4 nitrogen and oxygen atoms in total. The lowest BCUT2D eigenvalue weighted by Gasteiger charge is -2.31. The molecule has 19 heavy (non-hydrogen) atoms. The van der Waals surface area contributed by atoms with Gasteiger partial charge in [0.25, 0.3) is 5.91 Å². The average Bonchev–Trinajstić information content (AvgIpc) is 3.08. The van der Waals surface area contributed by atoms with Crippen LogP contribution in [0.4, 0.5) is 0 Å². The number of hydrogen-bond acceptors (Lipinski definition) is 4. The van der Waals surface area contributed by atoms with E-state index in [2.05, 4.69) is 5.32 Å². The van der Waals surface area contributed by atoms with Crippen molar-refractivity contribution in [3.05, 3.63) is 22.4 Å². The number of carbonyl (C=O) groups excluding carboxylic acids is 1. The summed E-state index contributed by atoms with van der Waals surface area (Å²) in [6.07, 6.45) is 5.58. The molecule has 1 saturated heterocycles. The van der Waals surface area contributed by atoms with Crippen LogP contribution in [0.3, 0.4) is 0 Å². The first-order valence-corrected chi connectivity index (χ1v) is 7.84. The van der Waals surface area contributed by atoms with E-state index < -0.39 is 0 Å². The molecule has 0 radical (unpaired) electrons. The van der Waals surface area contributed by atoms with Crippen molar-refractivity contribution in [3.63, 3.8) is 0 Å². The molecular formula is C14H19NO3S. The lowest BCUT2D eigenvalue weighted by molar-refractivity contribution is -0.186. The molecule has 1 aliphatic carbocycles. The zero-order chi connectivity index (χ0) is 13.1. The van der Waals surface area contributed by atoms with Crippen LogP contribution in [0.2, 0.25) is 0 Å². The zero-order valence-corrected chi connectivity index (χ0v) is 11.7. The molecule has 1 aromatic heterocycles. The van der Waals surface area contributed by atoms with E-state index in [9.17, 15) is 4.79 Å². The molecule has 1 N–H and O–H groups in total. The molecule has 2 aliphatic rings. The number of nitrogens with one attached hydrogen (secondary N) is 1. The molecule has 1 unspecified atom stereocenters. The molecule has 3 rings (SSSR count).